The molecule has 0 radical (unpaired) electrons. The summed E-state index contributed by atoms with van der Waals surface area (Å²) in [5, 5.41) is 3.80. The average molecular weight is 224 g/mol. The standard InChI is InChI=1S/C14H28N2/c1-5-13(2,3)16-10-6-9-15-14(4,11-16)12-7-8-12/h12,15H,5-11H2,1-4H3. The average Bonchev–Trinajstić information content (AvgIpc) is 3.03. The first-order valence-corrected chi connectivity index (χ1v) is 6.98. The summed E-state index contributed by atoms with van der Waals surface area (Å²) in [5.41, 5.74) is 0.741. The highest BCUT2D eigenvalue weighted by molar-refractivity contribution is 5.02. The van der Waals surface area contributed by atoms with Crippen LogP contribution in [0.1, 0.15) is 53.4 Å². The molecule has 1 aliphatic heterocycles. The zero-order chi connectivity index (χ0) is 11.8. The number of hydrogen-bond acceptors (Lipinski definition) is 2. The molecule has 0 aromatic carbocycles. The highest BCUT2D eigenvalue weighted by Crippen LogP contribution is 2.41. The van der Waals surface area contributed by atoms with Crippen LogP contribution < -0.4 is 5.32 Å². The van der Waals surface area contributed by atoms with Gasteiger partial charge in [0.15, 0.2) is 0 Å². The van der Waals surface area contributed by atoms with Crippen molar-refractivity contribution in [1.82, 2.24) is 10.2 Å². The second-order valence-corrected chi connectivity index (χ2v) is 6.56. The first-order valence-electron chi connectivity index (χ1n) is 6.98. The Balaban J connectivity index is 2.08. The molecule has 1 heterocycles. The second-order valence-electron chi connectivity index (χ2n) is 6.56. The maximum Gasteiger partial charge on any atom is 0.0308 e. The van der Waals surface area contributed by atoms with Gasteiger partial charge in [-0.05, 0) is 65.5 Å². The van der Waals surface area contributed by atoms with Crippen LogP contribution in [0.3, 0.4) is 0 Å². The van der Waals surface area contributed by atoms with Gasteiger partial charge >= 0.3 is 0 Å². The van der Waals surface area contributed by atoms with Crippen LogP contribution in [0.4, 0.5) is 0 Å². The number of hydrogen-bond donors (Lipinski definition) is 1. The lowest BCUT2D eigenvalue weighted by atomic mass is 9.91. The third-order valence-electron chi connectivity index (χ3n) is 4.85. The summed E-state index contributed by atoms with van der Waals surface area (Å²) in [6.07, 6.45) is 5.41. The maximum absolute atomic E-state index is 3.80. The van der Waals surface area contributed by atoms with Gasteiger partial charge in [-0.2, -0.15) is 0 Å². The predicted octanol–water partition coefficient (Wildman–Crippen LogP) is 2.64. The Bertz CT molecular complexity index is 245. The summed E-state index contributed by atoms with van der Waals surface area (Å²) in [7, 11) is 0. The molecule has 2 heteroatoms. The molecule has 0 spiro atoms. The van der Waals surface area contributed by atoms with Crippen LogP contribution in [-0.2, 0) is 0 Å². The van der Waals surface area contributed by atoms with Crippen molar-refractivity contribution in [2.45, 2.75) is 64.5 Å². The molecular formula is C14H28N2. The van der Waals surface area contributed by atoms with Gasteiger partial charge < -0.3 is 5.32 Å². The van der Waals surface area contributed by atoms with Crippen molar-refractivity contribution in [2.24, 2.45) is 5.92 Å². The Morgan fingerprint density at radius 2 is 2.06 bits per heavy atom. The molecule has 0 aromatic rings. The third kappa shape index (κ3) is 2.43. The minimum absolute atomic E-state index is 0.363. The topological polar surface area (TPSA) is 15.3 Å². The van der Waals surface area contributed by atoms with E-state index in [1.807, 2.05) is 0 Å². The van der Waals surface area contributed by atoms with Gasteiger partial charge in [0.1, 0.15) is 0 Å². The van der Waals surface area contributed by atoms with Crippen molar-refractivity contribution in [3.8, 4) is 0 Å². The van der Waals surface area contributed by atoms with Crippen LogP contribution in [0.2, 0.25) is 0 Å². The van der Waals surface area contributed by atoms with E-state index in [0.29, 0.717) is 11.1 Å². The molecule has 1 saturated carbocycles. The van der Waals surface area contributed by atoms with Gasteiger partial charge in [-0.25, -0.2) is 0 Å². The molecule has 2 nitrogen and oxygen atoms in total. The molecule has 0 amide bonds. The molecule has 2 rings (SSSR count). The van der Waals surface area contributed by atoms with E-state index in [1.54, 1.807) is 0 Å². The van der Waals surface area contributed by atoms with Crippen molar-refractivity contribution in [1.29, 1.82) is 0 Å². The van der Waals surface area contributed by atoms with E-state index in [4.69, 9.17) is 0 Å². The van der Waals surface area contributed by atoms with E-state index in [2.05, 4.69) is 37.9 Å². The normalized spacial score (nSPS) is 33.8. The van der Waals surface area contributed by atoms with Crippen LogP contribution in [0.25, 0.3) is 0 Å². The number of nitrogens with one attached hydrogen (secondary N) is 1. The quantitative estimate of drug-likeness (QED) is 0.793. The first kappa shape index (κ1) is 12.4. The summed E-state index contributed by atoms with van der Waals surface area (Å²) in [6.45, 7) is 13.2. The molecular weight excluding hydrogens is 196 g/mol. The molecule has 1 unspecified atom stereocenters. The second kappa shape index (κ2) is 4.30. The lowest BCUT2D eigenvalue weighted by Crippen LogP contribution is -2.55. The highest BCUT2D eigenvalue weighted by Gasteiger charge is 2.44. The van der Waals surface area contributed by atoms with E-state index in [1.165, 1.54) is 45.3 Å². The van der Waals surface area contributed by atoms with Crippen molar-refractivity contribution in [3.05, 3.63) is 0 Å². The lowest BCUT2D eigenvalue weighted by Gasteiger charge is -2.42. The molecule has 2 aliphatic rings. The van der Waals surface area contributed by atoms with Gasteiger partial charge in [0.25, 0.3) is 0 Å². The van der Waals surface area contributed by atoms with Crippen molar-refractivity contribution >= 4 is 0 Å². The molecule has 2 fully saturated rings. The Kier molecular flexibility index (Phi) is 3.33. The zero-order valence-electron chi connectivity index (χ0n) is 11.5. The lowest BCUT2D eigenvalue weighted by molar-refractivity contribution is 0.0877. The summed E-state index contributed by atoms with van der Waals surface area (Å²) in [5.74, 6) is 0.931. The van der Waals surface area contributed by atoms with Gasteiger partial charge in [-0.3, -0.25) is 4.90 Å². The molecule has 1 aliphatic carbocycles. The van der Waals surface area contributed by atoms with Crippen LogP contribution >= 0.6 is 0 Å². The van der Waals surface area contributed by atoms with Crippen molar-refractivity contribution in [3.63, 3.8) is 0 Å². The summed E-state index contributed by atoms with van der Waals surface area (Å²) in [6, 6.07) is 0. The van der Waals surface area contributed by atoms with Crippen molar-refractivity contribution in [2.75, 3.05) is 19.6 Å². The largest absolute Gasteiger partial charge is 0.310 e. The van der Waals surface area contributed by atoms with Gasteiger partial charge in [0.2, 0.25) is 0 Å². The summed E-state index contributed by atoms with van der Waals surface area (Å²) < 4.78 is 0. The molecule has 0 aromatic heterocycles. The minimum Gasteiger partial charge on any atom is -0.310 e. The van der Waals surface area contributed by atoms with E-state index < -0.39 is 0 Å². The summed E-state index contributed by atoms with van der Waals surface area (Å²) >= 11 is 0. The maximum atomic E-state index is 3.80. The van der Waals surface area contributed by atoms with E-state index >= 15 is 0 Å². The van der Waals surface area contributed by atoms with Crippen LogP contribution in [0.5, 0.6) is 0 Å². The highest BCUT2D eigenvalue weighted by atomic mass is 15.2. The number of nitrogens with zero attached hydrogens (tertiary/aromatic N) is 1. The van der Waals surface area contributed by atoms with Gasteiger partial charge in [0, 0.05) is 17.6 Å². The molecule has 1 atom stereocenters. The van der Waals surface area contributed by atoms with Gasteiger partial charge in [0.05, 0.1) is 0 Å². The Hall–Kier alpha value is -0.0800. The first-order chi connectivity index (χ1) is 7.48. The molecule has 94 valence electrons. The predicted molar refractivity (Wildman–Crippen MR) is 69.7 cm³/mol. The van der Waals surface area contributed by atoms with Crippen LogP contribution in [0.15, 0.2) is 0 Å². The van der Waals surface area contributed by atoms with E-state index in [0.717, 1.165) is 5.92 Å². The van der Waals surface area contributed by atoms with Crippen LogP contribution in [0, 0.1) is 5.92 Å². The molecule has 16 heavy (non-hydrogen) atoms. The summed E-state index contributed by atoms with van der Waals surface area (Å²) in [4.78, 5) is 2.71. The Morgan fingerprint density at radius 3 is 2.62 bits per heavy atom. The fourth-order valence-corrected chi connectivity index (χ4v) is 2.91. The monoisotopic (exact) mass is 224 g/mol. The SMILES string of the molecule is CCC(C)(C)N1CCCNC(C)(C2CC2)C1. The van der Waals surface area contributed by atoms with Gasteiger partial charge in [-0.1, -0.05) is 6.92 Å². The fraction of sp³-hybridized carbons (Fsp3) is 1.00. The number of rotatable bonds is 3. The Morgan fingerprint density at radius 1 is 1.38 bits per heavy atom. The smallest absolute Gasteiger partial charge is 0.0308 e. The molecule has 0 bridgehead atoms. The van der Waals surface area contributed by atoms with Crippen molar-refractivity contribution < 1.29 is 0 Å². The Labute approximate surface area is 101 Å². The van der Waals surface area contributed by atoms with Crippen LogP contribution in [-0.4, -0.2) is 35.6 Å². The third-order valence-corrected chi connectivity index (χ3v) is 4.85. The van der Waals surface area contributed by atoms with E-state index in [-0.39, 0.29) is 0 Å². The fourth-order valence-electron chi connectivity index (χ4n) is 2.91. The molecule has 1 N–H and O–H groups in total. The zero-order valence-corrected chi connectivity index (χ0v) is 11.5. The minimum atomic E-state index is 0.363. The van der Waals surface area contributed by atoms with Gasteiger partial charge in [-0.15, -0.1) is 0 Å². The molecule has 1 saturated heterocycles. The van der Waals surface area contributed by atoms with E-state index in [9.17, 15) is 0 Å².